The molecule has 2 nitrogen and oxygen atoms in total. The summed E-state index contributed by atoms with van der Waals surface area (Å²) in [7, 11) is 0. The van der Waals surface area contributed by atoms with Crippen molar-refractivity contribution in [2.24, 2.45) is 0 Å². The van der Waals surface area contributed by atoms with Gasteiger partial charge in [0, 0.05) is 5.25 Å². The molecule has 0 rings (SSSR count). The minimum Gasteiger partial charge on any atom is -0.391 e. The predicted octanol–water partition coefficient (Wildman–Crippen LogP) is 0.0464. The van der Waals surface area contributed by atoms with Gasteiger partial charge in [0.1, 0.15) is 0 Å². The van der Waals surface area contributed by atoms with E-state index in [1.54, 1.807) is 6.92 Å². The summed E-state index contributed by atoms with van der Waals surface area (Å²) >= 11 is 3.92. The van der Waals surface area contributed by atoms with Crippen molar-refractivity contribution < 1.29 is 10.2 Å². The van der Waals surface area contributed by atoms with E-state index < -0.39 is 12.2 Å². The molecule has 0 radical (unpaired) electrons. The van der Waals surface area contributed by atoms with E-state index in [0.29, 0.717) is 0 Å². The van der Waals surface area contributed by atoms with E-state index in [4.69, 9.17) is 10.2 Å². The van der Waals surface area contributed by atoms with Crippen molar-refractivity contribution in [3.63, 3.8) is 0 Å². The highest BCUT2D eigenvalue weighted by Gasteiger charge is 2.14. The highest BCUT2D eigenvalue weighted by Crippen LogP contribution is 2.03. The van der Waals surface area contributed by atoms with Crippen molar-refractivity contribution in [3.05, 3.63) is 0 Å². The Morgan fingerprint density at radius 3 is 1.62 bits per heavy atom. The molecule has 50 valence electrons. The fourth-order valence-electron chi connectivity index (χ4n) is 0.403. The number of hydrogen-bond donors (Lipinski definition) is 3. The number of hydrogen-bond acceptors (Lipinski definition) is 3. The van der Waals surface area contributed by atoms with Gasteiger partial charge in [0.25, 0.3) is 0 Å². The molecule has 0 aromatic rings. The molecule has 0 bridgehead atoms. The average molecular weight is 136 g/mol. The summed E-state index contributed by atoms with van der Waals surface area (Å²) < 4.78 is 0. The minimum absolute atomic E-state index is 0.157. The third-order valence-electron chi connectivity index (χ3n) is 0.989. The van der Waals surface area contributed by atoms with Gasteiger partial charge in [0.15, 0.2) is 0 Å². The smallest absolute Gasteiger partial charge is 0.0909 e. The molecular weight excluding hydrogens is 124 g/mol. The lowest BCUT2D eigenvalue weighted by Gasteiger charge is -2.15. The molecule has 0 aliphatic heterocycles. The maximum atomic E-state index is 8.88. The molecule has 0 heterocycles. The van der Waals surface area contributed by atoms with Gasteiger partial charge < -0.3 is 10.2 Å². The molecule has 0 aromatic heterocycles. The second kappa shape index (κ2) is 3.33. The average Bonchev–Trinajstić information content (AvgIpc) is 1.64. The van der Waals surface area contributed by atoms with Crippen LogP contribution in [-0.2, 0) is 0 Å². The third kappa shape index (κ3) is 2.55. The van der Waals surface area contributed by atoms with E-state index in [2.05, 4.69) is 12.6 Å². The number of thiol groups is 1. The lowest BCUT2D eigenvalue weighted by Crippen LogP contribution is -2.29. The molecule has 0 aromatic carbocycles. The van der Waals surface area contributed by atoms with Crippen LogP contribution in [0.4, 0.5) is 0 Å². The molecule has 0 saturated heterocycles. The van der Waals surface area contributed by atoms with Crippen molar-refractivity contribution in [1.29, 1.82) is 0 Å². The Balaban J connectivity index is 3.46. The van der Waals surface area contributed by atoms with Crippen molar-refractivity contribution in [1.82, 2.24) is 0 Å². The van der Waals surface area contributed by atoms with Crippen molar-refractivity contribution in [3.8, 4) is 0 Å². The Morgan fingerprint density at radius 2 is 1.62 bits per heavy atom. The summed E-state index contributed by atoms with van der Waals surface area (Å²) in [5, 5.41) is 17.4. The molecule has 0 fully saturated rings. The molecule has 0 aliphatic rings. The Morgan fingerprint density at radius 1 is 1.25 bits per heavy atom. The first-order valence-corrected chi connectivity index (χ1v) is 3.11. The van der Waals surface area contributed by atoms with Crippen LogP contribution in [0.3, 0.4) is 0 Å². The first-order chi connectivity index (χ1) is 3.55. The molecule has 3 atom stereocenters. The number of aliphatic hydroxyl groups is 2. The molecule has 3 unspecified atom stereocenters. The van der Waals surface area contributed by atoms with Crippen LogP contribution in [0.1, 0.15) is 13.8 Å². The van der Waals surface area contributed by atoms with Crippen LogP contribution in [0.15, 0.2) is 0 Å². The Bertz CT molecular complexity index is 55.4. The van der Waals surface area contributed by atoms with Gasteiger partial charge in [-0.2, -0.15) is 12.6 Å². The van der Waals surface area contributed by atoms with Crippen LogP contribution in [0.2, 0.25) is 0 Å². The van der Waals surface area contributed by atoms with Gasteiger partial charge in [-0.3, -0.25) is 0 Å². The minimum atomic E-state index is -0.710. The monoisotopic (exact) mass is 136 g/mol. The Hall–Kier alpha value is 0.270. The van der Waals surface area contributed by atoms with Crippen LogP contribution in [0, 0.1) is 0 Å². The first kappa shape index (κ1) is 8.27. The molecule has 0 saturated carbocycles. The Kier molecular flexibility index (Phi) is 3.44. The SMILES string of the molecule is CC(O)C(O)C(C)S. The highest BCUT2D eigenvalue weighted by atomic mass is 32.1. The van der Waals surface area contributed by atoms with Gasteiger partial charge in [-0.05, 0) is 6.92 Å². The third-order valence-corrected chi connectivity index (χ3v) is 1.29. The van der Waals surface area contributed by atoms with E-state index in [9.17, 15) is 0 Å². The summed E-state index contributed by atoms with van der Waals surface area (Å²) in [6.07, 6.45) is -1.39. The fourth-order valence-corrected chi connectivity index (χ4v) is 0.652. The highest BCUT2D eigenvalue weighted by molar-refractivity contribution is 7.81. The molecule has 0 amide bonds. The van der Waals surface area contributed by atoms with E-state index in [-0.39, 0.29) is 5.25 Å². The molecule has 2 N–H and O–H groups in total. The Labute approximate surface area is 54.9 Å². The van der Waals surface area contributed by atoms with Gasteiger partial charge in [-0.1, -0.05) is 6.92 Å². The summed E-state index contributed by atoms with van der Waals surface area (Å²) in [4.78, 5) is 0. The summed E-state index contributed by atoms with van der Waals surface area (Å²) in [6.45, 7) is 3.28. The predicted molar refractivity (Wildman–Crippen MR) is 36.1 cm³/mol. The quantitative estimate of drug-likeness (QED) is 0.469. The van der Waals surface area contributed by atoms with Gasteiger partial charge in [0.2, 0.25) is 0 Å². The maximum Gasteiger partial charge on any atom is 0.0909 e. The molecule has 8 heavy (non-hydrogen) atoms. The van der Waals surface area contributed by atoms with Gasteiger partial charge in [-0.25, -0.2) is 0 Å². The molecular formula is C5H12O2S. The lowest BCUT2D eigenvalue weighted by molar-refractivity contribution is 0.0333. The first-order valence-electron chi connectivity index (χ1n) is 2.60. The molecule has 0 aliphatic carbocycles. The van der Waals surface area contributed by atoms with Crippen molar-refractivity contribution >= 4 is 12.6 Å². The zero-order chi connectivity index (χ0) is 6.73. The van der Waals surface area contributed by atoms with Crippen molar-refractivity contribution in [2.75, 3.05) is 0 Å². The normalized spacial score (nSPS) is 22.1. The molecule has 0 spiro atoms. The summed E-state index contributed by atoms with van der Waals surface area (Å²) in [6, 6.07) is 0. The standard InChI is InChI=1S/C5H12O2S/c1-3(6)5(7)4(2)8/h3-8H,1-2H3. The maximum absolute atomic E-state index is 8.88. The lowest BCUT2D eigenvalue weighted by atomic mass is 10.2. The van der Waals surface area contributed by atoms with Crippen LogP contribution in [-0.4, -0.2) is 27.7 Å². The largest absolute Gasteiger partial charge is 0.391 e. The second-order valence-electron chi connectivity index (χ2n) is 1.97. The molecule has 3 heteroatoms. The van der Waals surface area contributed by atoms with Gasteiger partial charge in [-0.15, -0.1) is 0 Å². The topological polar surface area (TPSA) is 40.5 Å². The van der Waals surface area contributed by atoms with Crippen LogP contribution >= 0.6 is 12.6 Å². The fraction of sp³-hybridized carbons (Fsp3) is 1.00. The van der Waals surface area contributed by atoms with E-state index >= 15 is 0 Å². The number of rotatable bonds is 2. The van der Waals surface area contributed by atoms with Crippen LogP contribution < -0.4 is 0 Å². The van der Waals surface area contributed by atoms with Crippen LogP contribution in [0.25, 0.3) is 0 Å². The van der Waals surface area contributed by atoms with E-state index in [1.807, 2.05) is 0 Å². The number of aliphatic hydroxyl groups excluding tert-OH is 2. The van der Waals surface area contributed by atoms with E-state index in [1.165, 1.54) is 6.92 Å². The second-order valence-corrected chi connectivity index (χ2v) is 2.79. The zero-order valence-electron chi connectivity index (χ0n) is 5.07. The van der Waals surface area contributed by atoms with Gasteiger partial charge in [0.05, 0.1) is 12.2 Å². The van der Waals surface area contributed by atoms with E-state index in [0.717, 1.165) is 0 Å². The van der Waals surface area contributed by atoms with Crippen LogP contribution in [0.5, 0.6) is 0 Å². The zero-order valence-corrected chi connectivity index (χ0v) is 5.97. The van der Waals surface area contributed by atoms with Gasteiger partial charge >= 0.3 is 0 Å². The van der Waals surface area contributed by atoms with Crippen molar-refractivity contribution in [2.45, 2.75) is 31.3 Å². The summed E-state index contributed by atoms with van der Waals surface area (Å²) in [5.41, 5.74) is 0. The summed E-state index contributed by atoms with van der Waals surface area (Å²) in [5.74, 6) is 0.